The van der Waals surface area contributed by atoms with Crippen molar-refractivity contribution in [2.24, 2.45) is 5.10 Å². The molecule has 1 fully saturated rings. The second kappa shape index (κ2) is 6.05. The molecule has 1 aromatic rings. The van der Waals surface area contributed by atoms with Gasteiger partial charge in [0.1, 0.15) is 5.54 Å². The molecule has 1 atom stereocenters. The second-order valence-corrected chi connectivity index (χ2v) is 5.09. The first-order chi connectivity index (χ1) is 10.4. The molecular formula is C15H19N3O4. The zero-order chi connectivity index (χ0) is 16.3. The molecule has 7 nitrogen and oxygen atoms in total. The van der Waals surface area contributed by atoms with Crippen LogP contribution in [-0.2, 0) is 4.79 Å². The minimum atomic E-state index is -0.897. The molecule has 118 valence electrons. The van der Waals surface area contributed by atoms with Crippen molar-refractivity contribution in [1.82, 2.24) is 10.3 Å². The van der Waals surface area contributed by atoms with Crippen LogP contribution in [0.2, 0.25) is 0 Å². The molecule has 2 rings (SSSR count). The van der Waals surface area contributed by atoms with E-state index >= 15 is 0 Å². The summed E-state index contributed by atoms with van der Waals surface area (Å²) in [6.07, 6.45) is 1.93. The Labute approximate surface area is 128 Å². The molecule has 0 saturated carbocycles. The summed E-state index contributed by atoms with van der Waals surface area (Å²) in [6.45, 7) is 3.51. The third-order valence-electron chi connectivity index (χ3n) is 3.68. The Kier molecular flexibility index (Phi) is 4.35. The zero-order valence-corrected chi connectivity index (χ0v) is 13.0. The van der Waals surface area contributed by atoms with E-state index in [2.05, 4.69) is 10.4 Å². The number of benzene rings is 1. The highest BCUT2D eigenvalue weighted by Crippen LogP contribution is 2.27. The van der Waals surface area contributed by atoms with E-state index in [1.54, 1.807) is 32.2 Å². The van der Waals surface area contributed by atoms with Crippen LogP contribution in [0.5, 0.6) is 11.5 Å². The van der Waals surface area contributed by atoms with E-state index in [-0.39, 0.29) is 5.91 Å². The second-order valence-electron chi connectivity index (χ2n) is 5.09. The van der Waals surface area contributed by atoms with Crippen LogP contribution >= 0.6 is 0 Å². The van der Waals surface area contributed by atoms with E-state index < -0.39 is 11.6 Å². The Bertz CT molecular complexity index is 629. The van der Waals surface area contributed by atoms with Gasteiger partial charge in [-0.1, -0.05) is 6.92 Å². The smallest absolute Gasteiger partial charge is 0.346 e. The van der Waals surface area contributed by atoms with Gasteiger partial charge in [-0.2, -0.15) is 5.10 Å². The lowest BCUT2D eigenvalue weighted by Crippen LogP contribution is -2.42. The van der Waals surface area contributed by atoms with Gasteiger partial charge < -0.3 is 14.8 Å². The van der Waals surface area contributed by atoms with Crippen LogP contribution in [0.15, 0.2) is 23.3 Å². The average Bonchev–Trinajstić information content (AvgIpc) is 2.75. The van der Waals surface area contributed by atoms with Crippen molar-refractivity contribution in [1.29, 1.82) is 0 Å². The SMILES string of the molecule is CCC1(C)NC(=O)N(N=Cc2ccc(OC)c(OC)c2)C1=O. The predicted molar refractivity (Wildman–Crippen MR) is 81.2 cm³/mol. The fourth-order valence-corrected chi connectivity index (χ4v) is 2.07. The molecule has 1 N–H and O–H groups in total. The summed E-state index contributed by atoms with van der Waals surface area (Å²) in [6, 6.07) is 4.66. The topological polar surface area (TPSA) is 80.2 Å². The Morgan fingerprint density at radius 1 is 1.27 bits per heavy atom. The summed E-state index contributed by atoms with van der Waals surface area (Å²) in [5, 5.41) is 7.46. The van der Waals surface area contributed by atoms with Crippen molar-refractivity contribution in [3.8, 4) is 11.5 Å². The molecule has 1 heterocycles. The summed E-state index contributed by atoms with van der Waals surface area (Å²) in [5.74, 6) is 0.770. The molecule has 0 aliphatic carbocycles. The minimum absolute atomic E-state index is 0.364. The predicted octanol–water partition coefficient (Wildman–Crippen LogP) is 1.76. The van der Waals surface area contributed by atoms with Gasteiger partial charge in [0.05, 0.1) is 20.4 Å². The summed E-state index contributed by atoms with van der Waals surface area (Å²) in [5.41, 5.74) is -0.213. The van der Waals surface area contributed by atoms with Gasteiger partial charge in [0.15, 0.2) is 11.5 Å². The largest absolute Gasteiger partial charge is 0.493 e. The van der Waals surface area contributed by atoms with Gasteiger partial charge in [-0.15, -0.1) is 5.01 Å². The van der Waals surface area contributed by atoms with Gasteiger partial charge in [0.25, 0.3) is 5.91 Å². The van der Waals surface area contributed by atoms with Crippen molar-refractivity contribution >= 4 is 18.2 Å². The molecule has 0 aromatic heterocycles. The Hall–Kier alpha value is -2.57. The van der Waals surface area contributed by atoms with Crippen molar-refractivity contribution in [2.75, 3.05) is 14.2 Å². The molecule has 1 aliphatic heterocycles. The van der Waals surface area contributed by atoms with Crippen molar-refractivity contribution in [3.63, 3.8) is 0 Å². The molecule has 0 radical (unpaired) electrons. The highest BCUT2D eigenvalue weighted by atomic mass is 16.5. The Morgan fingerprint density at radius 3 is 2.50 bits per heavy atom. The quantitative estimate of drug-likeness (QED) is 0.664. The highest BCUT2D eigenvalue weighted by molar-refractivity contribution is 6.07. The number of hydrazone groups is 1. The van der Waals surface area contributed by atoms with E-state index in [1.807, 2.05) is 6.92 Å². The first kappa shape index (κ1) is 15.8. The van der Waals surface area contributed by atoms with Gasteiger partial charge in [0, 0.05) is 0 Å². The lowest BCUT2D eigenvalue weighted by atomic mass is 10.00. The normalized spacial score (nSPS) is 21.4. The number of carbonyl (C=O) groups excluding carboxylic acids is 2. The number of urea groups is 1. The molecule has 1 saturated heterocycles. The third-order valence-corrected chi connectivity index (χ3v) is 3.68. The van der Waals surface area contributed by atoms with Crippen LogP contribution in [0, 0.1) is 0 Å². The molecule has 0 bridgehead atoms. The summed E-state index contributed by atoms with van der Waals surface area (Å²) >= 11 is 0. The number of hydrogen-bond acceptors (Lipinski definition) is 5. The number of amides is 3. The van der Waals surface area contributed by atoms with E-state index in [9.17, 15) is 9.59 Å². The van der Waals surface area contributed by atoms with Crippen LogP contribution in [0.25, 0.3) is 0 Å². The first-order valence-corrected chi connectivity index (χ1v) is 6.88. The van der Waals surface area contributed by atoms with E-state index in [0.717, 1.165) is 5.01 Å². The van der Waals surface area contributed by atoms with Crippen LogP contribution in [0.3, 0.4) is 0 Å². The highest BCUT2D eigenvalue weighted by Gasteiger charge is 2.46. The van der Waals surface area contributed by atoms with Crippen molar-refractivity contribution < 1.29 is 19.1 Å². The maximum absolute atomic E-state index is 12.2. The minimum Gasteiger partial charge on any atom is -0.493 e. The van der Waals surface area contributed by atoms with E-state index in [4.69, 9.17) is 9.47 Å². The number of rotatable bonds is 5. The van der Waals surface area contributed by atoms with Crippen LogP contribution < -0.4 is 14.8 Å². The third kappa shape index (κ3) is 2.74. The van der Waals surface area contributed by atoms with Gasteiger partial charge in [0.2, 0.25) is 0 Å². The van der Waals surface area contributed by atoms with E-state index in [1.165, 1.54) is 13.3 Å². The zero-order valence-electron chi connectivity index (χ0n) is 13.0. The number of carbonyl (C=O) groups is 2. The number of nitrogens with one attached hydrogen (secondary N) is 1. The lowest BCUT2D eigenvalue weighted by molar-refractivity contribution is -0.130. The molecule has 1 aromatic carbocycles. The number of imide groups is 1. The van der Waals surface area contributed by atoms with Gasteiger partial charge in [-0.25, -0.2) is 4.79 Å². The Balaban J connectivity index is 2.22. The fourth-order valence-electron chi connectivity index (χ4n) is 2.07. The van der Waals surface area contributed by atoms with Gasteiger partial charge in [-0.3, -0.25) is 4.79 Å². The van der Waals surface area contributed by atoms with Crippen molar-refractivity contribution in [2.45, 2.75) is 25.8 Å². The van der Waals surface area contributed by atoms with Crippen LogP contribution in [0.1, 0.15) is 25.8 Å². The van der Waals surface area contributed by atoms with Crippen molar-refractivity contribution in [3.05, 3.63) is 23.8 Å². The number of methoxy groups -OCH3 is 2. The Morgan fingerprint density at radius 2 is 1.95 bits per heavy atom. The fraction of sp³-hybridized carbons (Fsp3) is 0.400. The molecule has 0 spiro atoms. The van der Waals surface area contributed by atoms with E-state index in [0.29, 0.717) is 23.5 Å². The molecule has 22 heavy (non-hydrogen) atoms. The summed E-state index contributed by atoms with van der Waals surface area (Å²) < 4.78 is 10.3. The van der Waals surface area contributed by atoms with Crippen LogP contribution in [0.4, 0.5) is 4.79 Å². The maximum atomic E-state index is 12.2. The monoisotopic (exact) mass is 305 g/mol. The molecule has 3 amide bonds. The number of ether oxygens (including phenoxy) is 2. The molecule has 1 unspecified atom stereocenters. The first-order valence-electron chi connectivity index (χ1n) is 6.88. The van der Waals surface area contributed by atoms with Gasteiger partial charge >= 0.3 is 6.03 Å². The molecule has 7 heteroatoms. The lowest BCUT2D eigenvalue weighted by Gasteiger charge is -2.17. The summed E-state index contributed by atoms with van der Waals surface area (Å²) in [7, 11) is 3.08. The summed E-state index contributed by atoms with van der Waals surface area (Å²) in [4.78, 5) is 24.0. The molecule has 1 aliphatic rings. The standard InChI is InChI=1S/C15H19N3O4/c1-5-15(2)13(19)18(14(20)17-15)16-9-10-6-7-11(21-3)12(8-10)22-4/h6-9H,5H2,1-4H3,(H,17,20). The number of hydrogen-bond donors (Lipinski definition) is 1. The average molecular weight is 305 g/mol. The maximum Gasteiger partial charge on any atom is 0.346 e. The number of nitrogens with zero attached hydrogens (tertiary/aromatic N) is 2. The molecular weight excluding hydrogens is 286 g/mol. The van der Waals surface area contributed by atoms with Crippen LogP contribution in [-0.4, -0.2) is 42.9 Å². The van der Waals surface area contributed by atoms with Gasteiger partial charge in [-0.05, 0) is 37.1 Å².